The van der Waals surface area contributed by atoms with Crippen LogP contribution in [-0.2, 0) is 9.47 Å². The molecule has 3 atom stereocenters. The van der Waals surface area contributed by atoms with Gasteiger partial charge in [0.25, 0.3) is 5.56 Å². The van der Waals surface area contributed by atoms with Crippen LogP contribution in [-0.4, -0.2) is 45.4 Å². The molecular weight excluding hydrogens is 470 g/mol. The molecule has 0 spiro atoms. The molecule has 1 aliphatic rings. The van der Waals surface area contributed by atoms with E-state index >= 15 is 0 Å². The number of benzene rings is 2. The lowest BCUT2D eigenvalue weighted by Crippen LogP contribution is -2.33. The molecule has 11 nitrogen and oxygen atoms in total. The second kappa shape index (κ2) is 10.4. The zero-order chi connectivity index (χ0) is 25.8. The number of nitrogens with zero attached hydrogens (tertiary/aromatic N) is 2. The molecule has 2 heterocycles. The van der Waals surface area contributed by atoms with Gasteiger partial charge in [0.05, 0.1) is 22.8 Å². The highest BCUT2D eigenvalue weighted by Gasteiger charge is 2.36. The minimum Gasteiger partial charge on any atom is -0.459 e. The fourth-order valence-electron chi connectivity index (χ4n) is 3.71. The number of rotatable bonds is 6. The largest absolute Gasteiger partial charge is 0.459 e. The zero-order valence-electron chi connectivity index (χ0n) is 19.0. The first-order valence-corrected chi connectivity index (χ1v) is 10.9. The van der Waals surface area contributed by atoms with Crippen LogP contribution in [0.3, 0.4) is 0 Å². The van der Waals surface area contributed by atoms with E-state index in [-0.39, 0.29) is 35.5 Å². The topological polar surface area (TPSA) is 161 Å². The number of hydrogen-bond acceptors (Lipinski definition) is 9. The first-order chi connectivity index (χ1) is 17.3. The predicted molar refractivity (Wildman–Crippen MR) is 123 cm³/mol. The molecule has 1 fully saturated rings. The van der Waals surface area contributed by atoms with Gasteiger partial charge in [-0.15, -0.1) is 0 Å². The lowest BCUT2D eigenvalue weighted by molar-refractivity contribution is -0.0532. The Bertz CT molecular complexity index is 1470. The summed E-state index contributed by atoms with van der Waals surface area (Å²) in [6.07, 6.45) is -1.49. The van der Waals surface area contributed by atoms with E-state index in [1.165, 1.54) is 37.4 Å². The van der Waals surface area contributed by atoms with Gasteiger partial charge < -0.3 is 19.3 Å². The summed E-state index contributed by atoms with van der Waals surface area (Å²) in [5, 5.41) is 19.6. The summed E-state index contributed by atoms with van der Waals surface area (Å²) < 4.78 is 17.5. The van der Waals surface area contributed by atoms with Gasteiger partial charge in [-0.1, -0.05) is 24.3 Å². The molecule has 4 rings (SSSR count). The number of H-pyrrole nitrogens is 1. The molecule has 1 aromatic heterocycles. The van der Waals surface area contributed by atoms with Gasteiger partial charge in [0.15, 0.2) is 0 Å². The summed E-state index contributed by atoms with van der Waals surface area (Å²) in [4.78, 5) is 51.4. The molecule has 0 unspecified atom stereocenters. The summed E-state index contributed by atoms with van der Waals surface area (Å²) in [7, 11) is 0. The van der Waals surface area contributed by atoms with Crippen LogP contribution >= 0.6 is 0 Å². The molecule has 3 aromatic rings. The number of aromatic amines is 1. The third-order valence-corrected chi connectivity index (χ3v) is 5.62. The van der Waals surface area contributed by atoms with Crippen LogP contribution in [0.1, 0.15) is 44.5 Å². The molecule has 0 aliphatic carbocycles. The number of aromatic nitrogens is 2. The Morgan fingerprint density at radius 2 is 1.81 bits per heavy atom. The van der Waals surface area contributed by atoms with Crippen molar-refractivity contribution in [2.75, 3.05) is 6.61 Å². The van der Waals surface area contributed by atoms with E-state index in [0.717, 1.165) is 4.57 Å². The quantitative estimate of drug-likeness (QED) is 0.384. The molecule has 2 aromatic carbocycles. The monoisotopic (exact) mass is 491 g/mol. The van der Waals surface area contributed by atoms with E-state index in [9.17, 15) is 29.5 Å². The summed E-state index contributed by atoms with van der Waals surface area (Å²) in [6.45, 7) is 1.18. The Kier molecular flexibility index (Phi) is 7.10. The highest BCUT2D eigenvalue weighted by molar-refractivity contribution is 6.03. The van der Waals surface area contributed by atoms with Crippen molar-refractivity contribution >= 4 is 11.9 Å². The first kappa shape index (κ1) is 24.6. The van der Waals surface area contributed by atoms with Gasteiger partial charge in [0.1, 0.15) is 30.8 Å². The molecule has 0 saturated carbocycles. The smallest absolute Gasteiger partial charge is 0.344 e. The number of nitrogens with one attached hydrogen (secondary N) is 1. The lowest BCUT2D eigenvalue weighted by Gasteiger charge is -2.17. The molecular formula is C25H21N3O8. The van der Waals surface area contributed by atoms with Crippen molar-refractivity contribution in [1.29, 1.82) is 5.26 Å². The number of carbonyl (C=O) groups is 2. The van der Waals surface area contributed by atoms with Crippen molar-refractivity contribution in [2.45, 2.75) is 31.8 Å². The van der Waals surface area contributed by atoms with E-state index in [0.29, 0.717) is 5.56 Å². The molecule has 1 aliphatic heterocycles. The number of esters is 2. The third kappa shape index (κ3) is 5.10. The van der Waals surface area contributed by atoms with E-state index in [1.54, 1.807) is 24.3 Å². The van der Waals surface area contributed by atoms with E-state index < -0.39 is 41.6 Å². The molecule has 0 amide bonds. The average Bonchev–Trinajstić information content (AvgIpc) is 3.25. The van der Waals surface area contributed by atoms with Crippen molar-refractivity contribution in [1.82, 2.24) is 9.55 Å². The normalized spacial score (nSPS) is 18.9. The maximum atomic E-state index is 12.8. The number of aliphatic hydroxyl groups excluding tert-OH is 1. The number of aryl methyl sites for hydroxylation is 1. The highest BCUT2D eigenvalue weighted by Crippen LogP contribution is 2.28. The molecule has 184 valence electrons. The summed E-state index contributed by atoms with van der Waals surface area (Å²) in [5.41, 5.74) is -0.905. The van der Waals surface area contributed by atoms with Gasteiger partial charge in [-0.2, -0.15) is 5.26 Å². The fraction of sp³-hybridized carbons (Fsp3) is 0.240. The third-order valence-electron chi connectivity index (χ3n) is 5.62. The van der Waals surface area contributed by atoms with Gasteiger partial charge in [-0.25, -0.2) is 14.4 Å². The number of carbonyl (C=O) groups excluding carboxylic acids is 2. The van der Waals surface area contributed by atoms with Gasteiger partial charge >= 0.3 is 17.6 Å². The van der Waals surface area contributed by atoms with Crippen LogP contribution in [0, 0.1) is 18.3 Å². The fourth-order valence-corrected chi connectivity index (χ4v) is 3.71. The lowest BCUT2D eigenvalue weighted by atomic mass is 10.1. The van der Waals surface area contributed by atoms with Crippen molar-refractivity contribution in [3.8, 4) is 11.8 Å². The highest BCUT2D eigenvalue weighted by atomic mass is 16.6. The van der Waals surface area contributed by atoms with Crippen LogP contribution in [0.25, 0.3) is 0 Å². The molecule has 1 saturated heterocycles. The van der Waals surface area contributed by atoms with Gasteiger partial charge in [-0.05, 0) is 31.2 Å². The Hall–Kier alpha value is -4.53. The summed E-state index contributed by atoms with van der Waals surface area (Å²) >= 11 is 0. The molecule has 0 bridgehead atoms. The Morgan fingerprint density at radius 1 is 1.14 bits per heavy atom. The van der Waals surface area contributed by atoms with Crippen molar-refractivity contribution in [3.05, 3.63) is 97.8 Å². The maximum Gasteiger partial charge on any atom is 0.344 e. The second-order valence-corrected chi connectivity index (χ2v) is 8.05. The van der Waals surface area contributed by atoms with Gasteiger partial charge in [-0.3, -0.25) is 14.3 Å². The van der Waals surface area contributed by atoms with Crippen molar-refractivity contribution in [3.63, 3.8) is 0 Å². The minimum atomic E-state index is -1.05. The van der Waals surface area contributed by atoms with Gasteiger partial charge in [0, 0.05) is 18.2 Å². The van der Waals surface area contributed by atoms with Gasteiger partial charge in [0.2, 0.25) is 0 Å². The van der Waals surface area contributed by atoms with E-state index in [1.807, 2.05) is 6.07 Å². The number of aliphatic hydroxyl groups is 1. The van der Waals surface area contributed by atoms with Crippen LogP contribution in [0.5, 0.6) is 5.75 Å². The van der Waals surface area contributed by atoms with Crippen LogP contribution in [0.4, 0.5) is 0 Å². The number of nitriles is 1. The van der Waals surface area contributed by atoms with Crippen molar-refractivity contribution in [2.24, 2.45) is 0 Å². The van der Waals surface area contributed by atoms with Crippen LogP contribution in [0.15, 0.2) is 64.3 Å². The Balaban J connectivity index is 1.44. The van der Waals surface area contributed by atoms with Crippen LogP contribution < -0.4 is 16.0 Å². The second-order valence-electron chi connectivity index (χ2n) is 8.05. The zero-order valence-corrected chi connectivity index (χ0v) is 19.0. The number of ether oxygens (including phenoxy) is 3. The van der Waals surface area contributed by atoms with E-state index in [2.05, 4.69) is 4.98 Å². The first-order valence-electron chi connectivity index (χ1n) is 10.9. The molecule has 36 heavy (non-hydrogen) atoms. The summed E-state index contributed by atoms with van der Waals surface area (Å²) in [6, 6.07) is 14.0. The summed E-state index contributed by atoms with van der Waals surface area (Å²) in [5.74, 6) is -1.66. The SMILES string of the molecule is Cc1cn([C@H]2C[C@H](O)[C@@H](COC(=O)c3ccccc3C(=O)Oc3ccccc3C#N)O2)c(=O)[nH]c1=O. The standard InChI is InChI=1S/C25H21N3O8/c1-14-12-28(25(33)27-22(14)30)21-10-18(29)20(35-21)13-34-23(31)16-7-3-4-8-17(16)24(32)36-19-9-5-2-6-15(19)11-26/h2-9,12,18,20-21,29H,10,13H2,1H3,(H,27,30,33)/t18-,20+,21+/m0/s1. The Labute approximate surface area is 204 Å². The minimum absolute atomic E-state index is 0.0365. The predicted octanol–water partition coefficient (Wildman–Crippen LogP) is 1.44. The Morgan fingerprint density at radius 3 is 2.53 bits per heavy atom. The molecule has 11 heteroatoms. The number of para-hydroxylation sites is 1. The number of hydrogen-bond donors (Lipinski definition) is 2. The average molecular weight is 491 g/mol. The molecule has 2 N–H and O–H groups in total. The van der Waals surface area contributed by atoms with Crippen molar-refractivity contribution < 1.29 is 28.9 Å². The van der Waals surface area contributed by atoms with Crippen LogP contribution in [0.2, 0.25) is 0 Å². The maximum absolute atomic E-state index is 12.8. The molecule has 0 radical (unpaired) electrons. The van der Waals surface area contributed by atoms with E-state index in [4.69, 9.17) is 14.2 Å².